The molecule has 0 saturated heterocycles. The van der Waals surface area contributed by atoms with Crippen molar-refractivity contribution in [3.05, 3.63) is 46.0 Å². The minimum Gasteiger partial charge on any atom is -0.370 e. The van der Waals surface area contributed by atoms with Crippen LogP contribution in [0.4, 0.5) is 11.5 Å². The Balaban J connectivity index is 2.34. The number of sulfonamides is 1. The van der Waals surface area contributed by atoms with Gasteiger partial charge in [0.1, 0.15) is 5.82 Å². The van der Waals surface area contributed by atoms with Crippen LogP contribution in [0.2, 0.25) is 5.02 Å². The predicted octanol–water partition coefficient (Wildman–Crippen LogP) is 3.73. The Kier molecular flexibility index (Phi) is 5.08. The summed E-state index contributed by atoms with van der Waals surface area (Å²) in [5.74, 6) is 0.505. The third-order valence-corrected chi connectivity index (χ3v) is 4.86. The molecule has 1 aromatic heterocycles. The number of benzene rings is 1. The van der Waals surface area contributed by atoms with E-state index in [4.69, 9.17) is 11.6 Å². The maximum Gasteiger partial charge on any atom is 0.262 e. The van der Waals surface area contributed by atoms with E-state index in [0.29, 0.717) is 27.5 Å². The number of anilines is 2. The minimum absolute atomic E-state index is 0.125. The number of aromatic nitrogens is 1. The zero-order valence-electron chi connectivity index (χ0n) is 11.1. The maximum atomic E-state index is 12.4. The monoisotopic (exact) mass is 389 g/mol. The zero-order chi connectivity index (χ0) is 15.5. The normalized spacial score (nSPS) is 11.2. The highest BCUT2D eigenvalue weighted by molar-refractivity contribution is 9.10. The molecule has 0 aliphatic heterocycles. The highest BCUT2D eigenvalue weighted by atomic mass is 79.9. The molecule has 0 aliphatic carbocycles. The number of hydrogen-bond acceptors (Lipinski definition) is 4. The van der Waals surface area contributed by atoms with Crippen LogP contribution in [0.15, 0.2) is 45.9 Å². The van der Waals surface area contributed by atoms with Gasteiger partial charge < -0.3 is 5.32 Å². The summed E-state index contributed by atoms with van der Waals surface area (Å²) in [7, 11) is -3.71. The lowest BCUT2D eigenvalue weighted by atomic mass is 10.3. The molecule has 8 heteroatoms. The smallest absolute Gasteiger partial charge is 0.262 e. The van der Waals surface area contributed by atoms with E-state index in [1.807, 2.05) is 6.92 Å². The second kappa shape index (κ2) is 6.64. The summed E-state index contributed by atoms with van der Waals surface area (Å²) < 4.78 is 27.9. The third-order valence-electron chi connectivity index (χ3n) is 2.57. The van der Waals surface area contributed by atoms with Gasteiger partial charge in [0, 0.05) is 28.3 Å². The molecule has 0 atom stereocenters. The van der Waals surface area contributed by atoms with Crippen LogP contribution in [0.25, 0.3) is 0 Å². The molecule has 0 aliphatic rings. The largest absolute Gasteiger partial charge is 0.370 e. The van der Waals surface area contributed by atoms with Gasteiger partial charge in [-0.3, -0.25) is 4.72 Å². The highest BCUT2D eigenvalue weighted by Gasteiger charge is 2.16. The predicted molar refractivity (Wildman–Crippen MR) is 88.4 cm³/mol. The fourth-order valence-corrected chi connectivity index (χ4v) is 3.37. The number of halogens is 2. The lowest BCUT2D eigenvalue weighted by molar-refractivity contribution is 0.601. The SMILES string of the molecule is CCNc1cc(S(=O)(=O)Nc2cc(Cl)ccc2Br)ccn1. The average Bonchev–Trinajstić information content (AvgIpc) is 2.43. The summed E-state index contributed by atoms with van der Waals surface area (Å²) in [4.78, 5) is 4.17. The first-order chi connectivity index (χ1) is 9.92. The molecule has 2 N–H and O–H groups in total. The van der Waals surface area contributed by atoms with Gasteiger partial charge in [0.05, 0.1) is 10.6 Å². The van der Waals surface area contributed by atoms with Crippen LogP contribution in [0.3, 0.4) is 0 Å². The molecule has 2 aromatic rings. The van der Waals surface area contributed by atoms with Gasteiger partial charge in [-0.05, 0) is 47.1 Å². The van der Waals surface area contributed by atoms with Crippen molar-refractivity contribution in [2.24, 2.45) is 0 Å². The summed E-state index contributed by atoms with van der Waals surface area (Å²) in [5, 5.41) is 3.41. The quantitative estimate of drug-likeness (QED) is 0.816. The molecule has 1 heterocycles. The summed E-state index contributed by atoms with van der Waals surface area (Å²) in [6, 6.07) is 7.79. The van der Waals surface area contributed by atoms with Crippen molar-refractivity contribution in [2.45, 2.75) is 11.8 Å². The fourth-order valence-electron chi connectivity index (χ4n) is 1.64. The molecule has 0 amide bonds. The van der Waals surface area contributed by atoms with Gasteiger partial charge in [0.25, 0.3) is 10.0 Å². The summed E-state index contributed by atoms with van der Waals surface area (Å²) in [6.45, 7) is 2.56. The molecule has 0 fully saturated rings. The second-order valence-corrected chi connectivity index (χ2v) is 7.11. The van der Waals surface area contributed by atoms with Crippen LogP contribution in [0.1, 0.15) is 6.92 Å². The van der Waals surface area contributed by atoms with Crippen molar-refractivity contribution in [1.29, 1.82) is 0 Å². The maximum absolute atomic E-state index is 12.4. The van der Waals surface area contributed by atoms with E-state index in [0.717, 1.165) is 0 Å². The van der Waals surface area contributed by atoms with Gasteiger partial charge in [-0.25, -0.2) is 13.4 Å². The topological polar surface area (TPSA) is 71.1 Å². The van der Waals surface area contributed by atoms with Gasteiger partial charge in [0.15, 0.2) is 0 Å². The van der Waals surface area contributed by atoms with Crippen LogP contribution >= 0.6 is 27.5 Å². The minimum atomic E-state index is -3.71. The Hall–Kier alpha value is -1.31. The molecule has 1 aromatic carbocycles. The summed E-state index contributed by atoms with van der Waals surface area (Å²) in [5.41, 5.74) is 0.379. The van der Waals surface area contributed by atoms with Crippen LogP contribution in [-0.4, -0.2) is 19.9 Å². The number of nitrogens with one attached hydrogen (secondary N) is 2. The van der Waals surface area contributed by atoms with E-state index in [1.54, 1.807) is 12.1 Å². The first kappa shape index (κ1) is 16.1. The van der Waals surface area contributed by atoms with E-state index in [2.05, 4.69) is 31.0 Å². The van der Waals surface area contributed by atoms with Crippen LogP contribution < -0.4 is 10.0 Å². The lowest BCUT2D eigenvalue weighted by Crippen LogP contribution is -2.14. The highest BCUT2D eigenvalue weighted by Crippen LogP contribution is 2.28. The molecule has 5 nitrogen and oxygen atoms in total. The summed E-state index contributed by atoms with van der Waals surface area (Å²) in [6.07, 6.45) is 1.44. The average molecular weight is 391 g/mol. The fraction of sp³-hybridized carbons (Fsp3) is 0.154. The van der Waals surface area contributed by atoms with E-state index >= 15 is 0 Å². The van der Waals surface area contributed by atoms with Crippen LogP contribution in [0.5, 0.6) is 0 Å². The van der Waals surface area contributed by atoms with Gasteiger partial charge in [0.2, 0.25) is 0 Å². The lowest BCUT2D eigenvalue weighted by Gasteiger charge is -2.11. The first-order valence-corrected chi connectivity index (χ1v) is 8.75. The van der Waals surface area contributed by atoms with E-state index < -0.39 is 10.0 Å². The number of rotatable bonds is 5. The van der Waals surface area contributed by atoms with Crippen LogP contribution in [-0.2, 0) is 10.0 Å². The Bertz CT molecular complexity index is 753. The Morgan fingerprint density at radius 1 is 1.29 bits per heavy atom. The van der Waals surface area contributed by atoms with Crippen LogP contribution in [0, 0.1) is 0 Å². The van der Waals surface area contributed by atoms with Gasteiger partial charge in [-0.1, -0.05) is 11.6 Å². The zero-order valence-corrected chi connectivity index (χ0v) is 14.3. The molecule has 0 radical (unpaired) electrons. The van der Waals surface area contributed by atoms with Crippen molar-refractivity contribution >= 4 is 49.1 Å². The molecular formula is C13H13BrClN3O2S. The van der Waals surface area contributed by atoms with Crippen molar-refractivity contribution in [3.63, 3.8) is 0 Å². The van der Waals surface area contributed by atoms with Crippen molar-refractivity contribution in [1.82, 2.24) is 4.98 Å². The van der Waals surface area contributed by atoms with Crippen molar-refractivity contribution in [2.75, 3.05) is 16.6 Å². The third kappa shape index (κ3) is 4.09. The molecule has 0 bridgehead atoms. The number of nitrogens with zero attached hydrogens (tertiary/aromatic N) is 1. The molecule has 21 heavy (non-hydrogen) atoms. The summed E-state index contributed by atoms with van der Waals surface area (Å²) >= 11 is 9.17. The van der Waals surface area contributed by atoms with Gasteiger partial charge >= 0.3 is 0 Å². The molecule has 2 rings (SSSR count). The molecule has 112 valence electrons. The Morgan fingerprint density at radius 2 is 2.05 bits per heavy atom. The molecule has 0 unspecified atom stereocenters. The van der Waals surface area contributed by atoms with E-state index in [1.165, 1.54) is 24.4 Å². The first-order valence-electron chi connectivity index (χ1n) is 6.10. The van der Waals surface area contributed by atoms with Gasteiger partial charge in [-0.15, -0.1) is 0 Å². The Labute approximate surface area is 136 Å². The van der Waals surface area contributed by atoms with Gasteiger partial charge in [-0.2, -0.15) is 0 Å². The van der Waals surface area contributed by atoms with E-state index in [-0.39, 0.29) is 4.90 Å². The molecule has 0 saturated carbocycles. The molecular weight excluding hydrogens is 378 g/mol. The second-order valence-electron chi connectivity index (χ2n) is 4.14. The van der Waals surface area contributed by atoms with Crippen molar-refractivity contribution in [3.8, 4) is 0 Å². The number of pyridine rings is 1. The van der Waals surface area contributed by atoms with Crippen molar-refractivity contribution < 1.29 is 8.42 Å². The number of hydrogen-bond donors (Lipinski definition) is 2. The van der Waals surface area contributed by atoms with E-state index in [9.17, 15) is 8.42 Å². The standard InChI is InChI=1S/C13H13BrClN3O2S/c1-2-16-13-8-10(5-6-17-13)21(19,20)18-12-7-9(15)3-4-11(12)14/h3-8,18H,2H2,1H3,(H,16,17). The molecule has 0 spiro atoms. The Morgan fingerprint density at radius 3 is 2.76 bits per heavy atom.